The Kier molecular flexibility index (Phi) is 7.09. The molecule has 1 aliphatic heterocycles. The number of hydrogen-bond acceptors (Lipinski definition) is 5. The van der Waals surface area contributed by atoms with Crippen LogP contribution in [0, 0.1) is 0 Å². The molecule has 0 atom stereocenters. The number of nitrogens with one attached hydrogen (secondary N) is 2. The molecular formula is C26H25N3O5S. The van der Waals surface area contributed by atoms with Crippen molar-refractivity contribution in [2.24, 2.45) is 0 Å². The normalized spacial score (nSPS) is 13.1. The van der Waals surface area contributed by atoms with E-state index in [0.29, 0.717) is 34.5 Å². The van der Waals surface area contributed by atoms with Crippen LogP contribution in [0.2, 0.25) is 0 Å². The topological polar surface area (TPSA) is 113 Å². The predicted molar refractivity (Wildman–Crippen MR) is 132 cm³/mol. The first-order valence-electron chi connectivity index (χ1n) is 11.3. The Morgan fingerprint density at radius 1 is 0.886 bits per heavy atom. The van der Waals surface area contributed by atoms with Crippen LogP contribution in [0.1, 0.15) is 56.4 Å². The van der Waals surface area contributed by atoms with Crippen LogP contribution in [-0.2, 0) is 16.6 Å². The fourth-order valence-electron chi connectivity index (χ4n) is 3.74. The van der Waals surface area contributed by atoms with E-state index in [1.54, 1.807) is 60.7 Å². The minimum Gasteiger partial charge on any atom is -0.322 e. The number of sulfonamides is 1. The number of carbonyl (C=O) groups is 3. The summed E-state index contributed by atoms with van der Waals surface area (Å²) >= 11 is 0. The van der Waals surface area contributed by atoms with Gasteiger partial charge in [0.1, 0.15) is 0 Å². The molecule has 0 fully saturated rings. The molecule has 180 valence electrons. The van der Waals surface area contributed by atoms with E-state index < -0.39 is 15.9 Å². The maximum Gasteiger partial charge on any atom is 0.261 e. The quantitative estimate of drug-likeness (QED) is 0.349. The number of anilines is 1. The van der Waals surface area contributed by atoms with Crippen molar-refractivity contribution in [2.75, 3.05) is 11.9 Å². The van der Waals surface area contributed by atoms with Crippen LogP contribution in [-0.4, -0.2) is 37.6 Å². The van der Waals surface area contributed by atoms with Gasteiger partial charge in [-0.1, -0.05) is 43.7 Å². The summed E-state index contributed by atoms with van der Waals surface area (Å²) in [5.74, 6) is -1.09. The second-order valence-corrected chi connectivity index (χ2v) is 9.94. The first-order valence-corrected chi connectivity index (χ1v) is 12.7. The number of carbonyl (C=O) groups excluding carboxylic acids is 3. The number of hydrogen-bond donors (Lipinski definition) is 2. The van der Waals surface area contributed by atoms with E-state index in [4.69, 9.17) is 0 Å². The van der Waals surface area contributed by atoms with E-state index >= 15 is 0 Å². The van der Waals surface area contributed by atoms with Crippen LogP contribution in [0.4, 0.5) is 5.69 Å². The maximum atomic E-state index is 12.7. The number of unbranched alkanes of at least 4 members (excludes halogenated alkanes) is 1. The molecule has 2 N–H and O–H groups in total. The highest BCUT2D eigenvalue weighted by atomic mass is 32.2. The summed E-state index contributed by atoms with van der Waals surface area (Å²) in [6, 6.07) is 19.3. The van der Waals surface area contributed by atoms with E-state index in [-0.39, 0.29) is 23.3 Å². The molecule has 0 radical (unpaired) electrons. The van der Waals surface area contributed by atoms with Gasteiger partial charge in [0.25, 0.3) is 17.7 Å². The van der Waals surface area contributed by atoms with Crippen molar-refractivity contribution >= 4 is 33.4 Å². The number of benzene rings is 3. The van der Waals surface area contributed by atoms with Gasteiger partial charge >= 0.3 is 0 Å². The third-order valence-corrected chi connectivity index (χ3v) is 7.12. The Bertz CT molecular complexity index is 1350. The van der Waals surface area contributed by atoms with Gasteiger partial charge in [-0.3, -0.25) is 19.3 Å². The molecular weight excluding hydrogens is 466 g/mol. The lowest BCUT2D eigenvalue weighted by molar-refractivity contribution is 0.0642. The molecule has 3 aromatic rings. The zero-order valence-electron chi connectivity index (χ0n) is 19.2. The molecule has 3 aromatic carbocycles. The molecule has 0 saturated carbocycles. The van der Waals surface area contributed by atoms with Gasteiger partial charge in [0.2, 0.25) is 10.0 Å². The summed E-state index contributed by atoms with van der Waals surface area (Å²) < 4.78 is 27.4. The minimum atomic E-state index is -3.66. The lowest BCUT2D eigenvalue weighted by Crippen LogP contribution is -2.29. The zero-order chi connectivity index (χ0) is 25.0. The van der Waals surface area contributed by atoms with Crippen LogP contribution in [0.3, 0.4) is 0 Å². The van der Waals surface area contributed by atoms with Crippen LogP contribution in [0.25, 0.3) is 0 Å². The van der Waals surface area contributed by atoms with Crippen molar-refractivity contribution in [1.29, 1.82) is 0 Å². The Labute approximate surface area is 204 Å². The molecule has 4 rings (SSSR count). The summed E-state index contributed by atoms with van der Waals surface area (Å²) in [5, 5.41) is 2.71. The summed E-state index contributed by atoms with van der Waals surface area (Å²) in [5.41, 5.74) is 2.17. The second kappa shape index (κ2) is 10.2. The smallest absolute Gasteiger partial charge is 0.261 e. The SMILES string of the molecule is CCCCNS(=O)(=O)c1cccc(NC(=O)c2ccc(CN3C(=O)c4ccccc4C3=O)cc2)c1. The van der Waals surface area contributed by atoms with Crippen molar-refractivity contribution in [3.8, 4) is 0 Å². The molecule has 35 heavy (non-hydrogen) atoms. The lowest BCUT2D eigenvalue weighted by atomic mass is 10.1. The standard InChI is InChI=1S/C26H25N3O5S/c1-2-3-15-27-35(33,34)21-8-6-7-20(16-21)28-24(30)19-13-11-18(12-14-19)17-29-25(31)22-9-4-5-10-23(22)26(29)32/h4-14,16,27H,2-3,15,17H2,1H3,(H,28,30). The molecule has 1 aliphatic rings. The summed E-state index contributed by atoms with van der Waals surface area (Å²) in [6.07, 6.45) is 1.61. The zero-order valence-corrected chi connectivity index (χ0v) is 20.0. The van der Waals surface area contributed by atoms with Crippen molar-refractivity contribution in [1.82, 2.24) is 9.62 Å². The summed E-state index contributed by atoms with van der Waals surface area (Å²) in [6.45, 7) is 2.42. The molecule has 3 amide bonds. The van der Waals surface area contributed by atoms with Crippen LogP contribution < -0.4 is 10.0 Å². The predicted octanol–water partition coefficient (Wildman–Crippen LogP) is 3.81. The van der Waals surface area contributed by atoms with Gasteiger partial charge in [-0.15, -0.1) is 0 Å². The minimum absolute atomic E-state index is 0.0719. The number of rotatable bonds is 9. The van der Waals surface area contributed by atoms with Gasteiger partial charge in [-0.05, 0) is 54.4 Å². The van der Waals surface area contributed by atoms with Crippen molar-refractivity contribution in [3.05, 3.63) is 95.1 Å². The fourth-order valence-corrected chi connectivity index (χ4v) is 4.86. The Balaban J connectivity index is 1.41. The highest BCUT2D eigenvalue weighted by Crippen LogP contribution is 2.24. The summed E-state index contributed by atoms with van der Waals surface area (Å²) in [4.78, 5) is 39.1. The first kappa shape index (κ1) is 24.3. The van der Waals surface area contributed by atoms with Crippen LogP contribution in [0.15, 0.2) is 77.7 Å². The largest absolute Gasteiger partial charge is 0.322 e. The first-order chi connectivity index (χ1) is 16.8. The molecule has 0 saturated heterocycles. The third-order valence-electron chi connectivity index (χ3n) is 5.66. The van der Waals surface area contributed by atoms with Crippen molar-refractivity contribution < 1.29 is 22.8 Å². The van der Waals surface area contributed by atoms with Gasteiger partial charge in [0, 0.05) is 17.8 Å². The van der Waals surface area contributed by atoms with Crippen molar-refractivity contribution in [3.63, 3.8) is 0 Å². The number of amides is 3. The maximum absolute atomic E-state index is 12.7. The number of fused-ring (bicyclic) bond motifs is 1. The monoisotopic (exact) mass is 491 g/mol. The molecule has 0 unspecified atom stereocenters. The van der Waals surface area contributed by atoms with E-state index in [1.807, 2.05) is 6.92 Å². The molecule has 0 spiro atoms. The van der Waals surface area contributed by atoms with E-state index in [2.05, 4.69) is 10.0 Å². The van der Waals surface area contributed by atoms with Gasteiger partial charge in [0.05, 0.1) is 22.6 Å². The van der Waals surface area contributed by atoms with Crippen molar-refractivity contribution in [2.45, 2.75) is 31.2 Å². The summed E-state index contributed by atoms with van der Waals surface area (Å²) in [7, 11) is -3.66. The molecule has 8 nitrogen and oxygen atoms in total. The number of nitrogens with zero attached hydrogens (tertiary/aromatic N) is 1. The average Bonchev–Trinajstić information content (AvgIpc) is 3.10. The average molecular weight is 492 g/mol. The van der Waals surface area contributed by atoms with Gasteiger partial charge in [-0.2, -0.15) is 0 Å². The van der Waals surface area contributed by atoms with E-state index in [0.717, 1.165) is 12.8 Å². The van der Waals surface area contributed by atoms with Gasteiger partial charge in [-0.25, -0.2) is 13.1 Å². The number of imide groups is 1. The Hall–Kier alpha value is -3.82. The van der Waals surface area contributed by atoms with E-state index in [9.17, 15) is 22.8 Å². The highest BCUT2D eigenvalue weighted by molar-refractivity contribution is 7.89. The Morgan fingerprint density at radius 3 is 2.17 bits per heavy atom. The molecule has 0 aromatic heterocycles. The third kappa shape index (κ3) is 5.31. The van der Waals surface area contributed by atoms with Gasteiger partial charge in [0.15, 0.2) is 0 Å². The van der Waals surface area contributed by atoms with E-state index in [1.165, 1.54) is 17.0 Å². The molecule has 9 heteroatoms. The highest BCUT2D eigenvalue weighted by Gasteiger charge is 2.34. The van der Waals surface area contributed by atoms with Crippen LogP contribution >= 0.6 is 0 Å². The molecule has 1 heterocycles. The lowest BCUT2D eigenvalue weighted by Gasteiger charge is -2.14. The molecule has 0 bridgehead atoms. The second-order valence-electron chi connectivity index (χ2n) is 8.17. The fraction of sp³-hybridized carbons (Fsp3) is 0.192. The molecule has 0 aliphatic carbocycles. The van der Waals surface area contributed by atoms with Gasteiger partial charge < -0.3 is 5.32 Å². The van der Waals surface area contributed by atoms with Crippen LogP contribution in [0.5, 0.6) is 0 Å². The Morgan fingerprint density at radius 2 is 1.54 bits per heavy atom.